The normalized spacial score (nSPS) is 15.2. The Labute approximate surface area is 177 Å². The van der Waals surface area contributed by atoms with E-state index < -0.39 is 11.9 Å². The number of nitrogens with zero attached hydrogens (tertiary/aromatic N) is 2. The first kappa shape index (κ1) is 19.9. The summed E-state index contributed by atoms with van der Waals surface area (Å²) >= 11 is 1.59. The van der Waals surface area contributed by atoms with Crippen LogP contribution in [-0.4, -0.2) is 33.2 Å². The second-order valence-electron chi connectivity index (χ2n) is 7.03. The molecule has 2 N–H and O–H groups in total. The van der Waals surface area contributed by atoms with Crippen molar-refractivity contribution in [1.29, 1.82) is 0 Å². The molecular weight excluding hydrogens is 400 g/mol. The van der Waals surface area contributed by atoms with Crippen LogP contribution in [0.5, 0.6) is 0 Å². The zero-order chi connectivity index (χ0) is 21.1. The fourth-order valence-corrected chi connectivity index (χ4v) is 4.08. The van der Waals surface area contributed by atoms with Crippen LogP contribution in [0.1, 0.15) is 35.9 Å². The molecule has 0 saturated carbocycles. The van der Waals surface area contributed by atoms with E-state index in [9.17, 15) is 14.4 Å². The average molecular weight is 423 g/mol. The molecule has 3 heterocycles. The Morgan fingerprint density at radius 2 is 1.87 bits per heavy atom. The van der Waals surface area contributed by atoms with E-state index in [2.05, 4.69) is 10.4 Å². The van der Waals surface area contributed by atoms with Crippen molar-refractivity contribution in [3.8, 4) is 5.69 Å². The molecule has 3 amide bonds. The highest BCUT2D eigenvalue weighted by Gasteiger charge is 2.33. The molecule has 0 bridgehead atoms. The summed E-state index contributed by atoms with van der Waals surface area (Å²) in [7, 11) is 0. The van der Waals surface area contributed by atoms with Crippen molar-refractivity contribution in [3.05, 3.63) is 80.0 Å². The Bertz CT molecular complexity index is 1140. The first-order valence-corrected chi connectivity index (χ1v) is 10.7. The molecule has 0 spiro atoms. The highest BCUT2D eigenvalue weighted by molar-refractivity contribution is 7.09. The van der Waals surface area contributed by atoms with Crippen LogP contribution in [0.4, 0.5) is 4.79 Å². The third kappa shape index (κ3) is 3.86. The predicted molar refractivity (Wildman–Crippen MR) is 117 cm³/mol. The van der Waals surface area contributed by atoms with Crippen molar-refractivity contribution in [2.24, 2.45) is 0 Å². The van der Waals surface area contributed by atoms with Crippen LogP contribution >= 0.6 is 11.3 Å². The number of H-pyrrole nitrogens is 1. The highest BCUT2D eigenvalue weighted by atomic mass is 32.1. The Morgan fingerprint density at radius 1 is 1.07 bits per heavy atom. The maximum absolute atomic E-state index is 13.2. The van der Waals surface area contributed by atoms with E-state index in [0.717, 1.165) is 17.7 Å². The zero-order valence-corrected chi connectivity index (χ0v) is 17.4. The number of thiophene rings is 1. The van der Waals surface area contributed by atoms with Crippen molar-refractivity contribution in [1.82, 2.24) is 20.0 Å². The first-order chi connectivity index (χ1) is 14.6. The highest BCUT2D eigenvalue weighted by Crippen LogP contribution is 2.20. The van der Waals surface area contributed by atoms with E-state index in [1.54, 1.807) is 11.3 Å². The van der Waals surface area contributed by atoms with Gasteiger partial charge in [-0.2, -0.15) is 0 Å². The van der Waals surface area contributed by atoms with Crippen LogP contribution in [0.2, 0.25) is 0 Å². The van der Waals surface area contributed by atoms with Crippen molar-refractivity contribution in [2.45, 2.75) is 26.2 Å². The molecule has 0 unspecified atom stereocenters. The molecule has 1 fully saturated rings. The van der Waals surface area contributed by atoms with E-state index in [1.165, 1.54) is 15.7 Å². The summed E-state index contributed by atoms with van der Waals surface area (Å²) in [5, 5.41) is 7.77. The fourth-order valence-electron chi connectivity index (χ4n) is 3.36. The van der Waals surface area contributed by atoms with Gasteiger partial charge in [-0.15, -0.1) is 11.3 Å². The van der Waals surface area contributed by atoms with Gasteiger partial charge in [-0.05, 0) is 36.1 Å². The van der Waals surface area contributed by atoms with Crippen LogP contribution in [0.25, 0.3) is 11.8 Å². The summed E-state index contributed by atoms with van der Waals surface area (Å²) < 4.78 is 1.46. The number of benzene rings is 1. The Hall–Kier alpha value is -3.39. The number of rotatable bonds is 7. The summed E-state index contributed by atoms with van der Waals surface area (Å²) in [5.74, 6) is -0.401. The summed E-state index contributed by atoms with van der Waals surface area (Å²) in [6.07, 6.45) is 3.63. The van der Waals surface area contributed by atoms with Crippen molar-refractivity contribution >= 4 is 29.4 Å². The van der Waals surface area contributed by atoms with Crippen molar-refractivity contribution < 1.29 is 9.59 Å². The molecule has 2 aromatic heterocycles. The smallest absolute Gasteiger partial charge is 0.303 e. The van der Waals surface area contributed by atoms with Gasteiger partial charge in [0.2, 0.25) is 0 Å². The van der Waals surface area contributed by atoms with Crippen molar-refractivity contribution in [2.75, 3.05) is 6.54 Å². The molecule has 1 aliphatic rings. The summed E-state index contributed by atoms with van der Waals surface area (Å²) in [6, 6.07) is 12.8. The maximum Gasteiger partial charge on any atom is 0.329 e. The number of imide groups is 1. The molecule has 7 nitrogen and oxygen atoms in total. The number of aromatic amines is 1. The minimum Gasteiger partial charge on any atom is -0.303 e. The molecule has 1 saturated heterocycles. The number of unbranched alkanes of at least 4 members (excludes halogenated alkanes) is 1. The maximum atomic E-state index is 13.2. The lowest BCUT2D eigenvalue weighted by Gasteiger charge is -2.09. The average Bonchev–Trinajstić information content (AvgIpc) is 3.43. The molecule has 0 atom stereocenters. The lowest BCUT2D eigenvalue weighted by molar-refractivity contribution is -0.122. The van der Waals surface area contributed by atoms with E-state index in [0.29, 0.717) is 29.9 Å². The fraction of sp³-hybridized carbons (Fsp3) is 0.227. The van der Waals surface area contributed by atoms with Gasteiger partial charge in [-0.1, -0.05) is 37.6 Å². The van der Waals surface area contributed by atoms with E-state index in [1.807, 2.05) is 54.8 Å². The van der Waals surface area contributed by atoms with Crippen LogP contribution in [0, 0.1) is 0 Å². The third-order valence-electron chi connectivity index (χ3n) is 4.94. The van der Waals surface area contributed by atoms with E-state index >= 15 is 0 Å². The summed E-state index contributed by atoms with van der Waals surface area (Å²) in [4.78, 5) is 40.4. The summed E-state index contributed by atoms with van der Waals surface area (Å²) in [6.45, 7) is 2.36. The van der Waals surface area contributed by atoms with Gasteiger partial charge in [-0.25, -0.2) is 9.48 Å². The molecule has 30 heavy (non-hydrogen) atoms. The number of urea groups is 1. The second-order valence-corrected chi connectivity index (χ2v) is 8.07. The standard InChI is InChI=1S/C22H22N4O3S/c1-2-3-11-25-21(28)19(23-22(25)29)14-17-18(13-16-10-7-12-30-16)24-26(20(17)27)15-8-5-4-6-9-15/h4-10,12,14,24H,2-3,11,13H2,1H3,(H,23,29)/b19-14-. The molecule has 154 valence electrons. The van der Waals surface area contributed by atoms with Crippen LogP contribution in [-0.2, 0) is 11.2 Å². The molecule has 1 aromatic carbocycles. The molecule has 1 aliphatic heterocycles. The van der Waals surface area contributed by atoms with Gasteiger partial charge in [-0.3, -0.25) is 19.6 Å². The molecule has 8 heteroatoms. The molecule has 4 rings (SSSR count). The largest absolute Gasteiger partial charge is 0.329 e. The van der Waals surface area contributed by atoms with Gasteiger partial charge in [0, 0.05) is 17.8 Å². The number of carbonyl (C=O) groups is 2. The number of aromatic nitrogens is 2. The Kier molecular flexibility index (Phi) is 5.67. The number of carbonyl (C=O) groups excluding carboxylic acids is 2. The summed E-state index contributed by atoms with van der Waals surface area (Å²) in [5.41, 5.74) is 1.61. The van der Waals surface area contributed by atoms with Crippen LogP contribution in [0.15, 0.2) is 58.3 Å². The lowest BCUT2D eigenvalue weighted by atomic mass is 10.1. The lowest BCUT2D eigenvalue weighted by Crippen LogP contribution is -2.31. The minimum absolute atomic E-state index is 0.125. The zero-order valence-electron chi connectivity index (χ0n) is 16.6. The monoisotopic (exact) mass is 422 g/mol. The minimum atomic E-state index is -0.446. The Morgan fingerprint density at radius 3 is 2.57 bits per heavy atom. The molecule has 0 radical (unpaired) electrons. The van der Waals surface area contributed by atoms with Crippen LogP contribution in [0.3, 0.4) is 0 Å². The SMILES string of the molecule is CCCCN1C(=O)N/C(=C\c2c(Cc3cccs3)[nH]n(-c3ccccc3)c2=O)C1=O. The van der Waals surface area contributed by atoms with E-state index in [-0.39, 0.29) is 11.3 Å². The number of nitrogens with one attached hydrogen (secondary N) is 2. The van der Waals surface area contributed by atoms with E-state index in [4.69, 9.17) is 0 Å². The molecule has 3 aromatic rings. The van der Waals surface area contributed by atoms with Gasteiger partial charge in [0.25, 0.3) is 11.5 Å². The Balaban J connectivity index is 1.75. The first-order valence-electron chi connectivity index (χ1n) is 9.84. The second kappa shape index (κ2) is 8.54. The number of hydrogen-bond acceptors (Lipinski definition) is 4. The molecular formula is C22H22N4O3S. The number of amides is 3. The number of hydrogen-bond donors (Lipinski definition) is 2. The van der Waals surface area contributed by atoms with Gasteiger partial charge in [0.15, 0.2) is 0 Å². The third-order valence-corrected chi connectivity index (χ3v) is 5.81. The van der Waals surface area contributed by atoms with Gasteiger partial charge < -0.3 is 5.32 Å². The topological polar surface area (TPSA) is 87.2 Å². The van der Waals surface area contributed by atoms with Gasteiger partial charge in [0.1, 0.15) is 5.70 Å². The van der Waals surface area contributed by atoms with Crippen molar-refractivity contribution in [3.63, 3.8) is 0 Å². The molecule has 0 aliphatic carbocycles. The van der Waals surface area contributed by atoms with Gasteiger partial charge >= 0.3 is 6.03 Å². The predicted octanol–water partition coefficient (Wildman–Crippen LogP) is 3.51. The quantitative estimate of drug-likeness (QED) is 0.451. The number of para-hydroxylation sites is 1. The van der Waals surface area contributed by atoms with Crippen LogP contribution < -0.4 is 10.9 Å². The van der Waals surface area contributed by atoms with Gasteiger partial charge in [0.05, 0.1) is 16.9 Å².